The Labute approximate surface area is 113 Å². The SMILES string of the molecule is [Li+].[Li+].[Li+].[O]=[Nb](=[O])[O-].[O]=[Ti]([O-])[O-]. The van der Waals surface area contributed by atoms with Gasteiger partial charge in [-0.25, -0.2) is 0 Å². The molecule has 0 heterocycles. The van der Waals surface area contributed by atoms with Crippen molar-refractivity contribution in [1.29, 1.82) is 0 Å². The molecule has 6 nitrogen and oxygen atoms in total. The van der Waals surface area contributed by atoms with Gasteiger partial charge in [0, 0.05) is 0 Å². The van der Waals surface area contributed by atoms with Gasteiger partial charge in [-0.15, -0.1) is 0 Å². The van der Waals surface area contributed by atoms with E-state index >= 15 is 0 Å². The quantitative estimate of drug-likeness (QED) is 0.397. The van der Waals surface area contributed by atoms with Gasteiger partial charge in [-0.05, 0) is 0 Å². The number of rotatable bonds is 0. The zero-order chi connectivity index (χ0) is 7.15. The molecule has 0 N–H and O–H groups in total. The topological polar surface area (TPSA) is 120 Å². The van der Waals surface area contributed by atoms with Crippen molar-refractivity contribution >= 4 is 0 Å². The van der Waals surface area contributed by atoms with Gasteiger partial charge in [-0.1, -0.05) is 0 Å². The van der Waals surface area contributed by atoms with Crippen LogP contribution < -0.4 is 67.6 Å². The van der Waals surface area contributed by atoms with Crippen LogP contribution in [0.4, 0.5) is 0 Å². The Hall–Kier alpha value is 2.53. The third-order valence-electron chi connectivity index (χ3n) is 0. The Morgan fingerprint density at radius 2 is 1.00 bits per heavy atom. The standard InChI is InChI=1S/3Li.Nb.6O.Ti/q3*+1;;;;;3*-1;. The summed E-state index contributed by atoms with van der Waals surface area (Å²) >= 11 is -8.28. The fourth-order valence-corrected chi connectivity index (χ4v) is 0. The van der Waals surface area contributed by atoms with Crippen molar-refractivity contribution < 1.29 is 115 Å². The van der Waals surface area contributed by atoms with E-state index in [9.17, 15) is 0 Å². The molecular weight excluding hydrogens is 258 g/mol. The molecule has 0 spiro atoms. The Morgan fingerprint density at radius 1 is 1.00 bits per heavy atom. The molecule has 0 saturated carbocycles. The van der Waals surface area contributed by atoms with Gasteiger partial charge < -0.3 is 0 Å². The van der Waals surface area contributed by atoms with Crippen LogP contribution in [-0.4, -0.2) is 0 Å². The van der Waals surface area contributed by atoms with E-state index < -0.39 is 37.4 Å². The van der Waals surface area contributed by atoms with E-state index in [2.05, 4.69) is 0 Å². The van der Waals surface area contributed by atoms with Crippen LogP contribution in [-0.2, 0) is 47.2 Å². The van der Waals surface area contributed by atoms with Gasteiger partial charge in [0.05, 0.1) is 0 Å². The zero-order valence-corrected chi connectivity index (χ0v) is 10.2. The van der Waals surface area contributed by atoms with Crippen molar-refractivity contribution in [1.82, 2.24) is 0 Å². The molecule has 0 aromatic heterocycles. The minimum atomic E-state index is -4.20. The summed E-state index contributed by atoms with van der Waals surface area (Å²) in [6.07, 6.45) is 0. The van der Waals surface area contributed by atoms with Crippen molar-refractivity contribution in [2.45, 2.75) is 0 Å². The van der Waals surface area contributed by atoms with Crippen LogP contribution in [0, 0.1) is 0 Å². The first-order valence-corrected chi connectivity index (χ1v) is 5.77. The van der Waals surface area contributed by atoms with Crippen molar-refractivity contribution in [3.63, 3.8) is 0 Å². The molecule has 11 heavy (non-hydrogen) atoms. The molecule has 0 amide bonds. The van der Waals surface area contributed by atoms with E-state index in [-0.39, 0.29) is 56.6 Å². The van der Waals surface area contributed by atoms with Gasteiger partial charge in [-0.2, -0.15) is 0 Å². The summed E-state index contributed by atoms with van der Waals surface area (Å²) in [6.45, 7) is 0. The molecule has 0 aromatic rings. The van der Waals surface area contributed by atoms with E-state index in [1.165, 1.54) is 0 Å². The number of hydrogen-bond acceptors (Lipinski definition) is 6. The van der Waals surface area contributed by atoms with Crippen LogP contribution in [0.2, 0.25) is 0 Å². The van der Waals surface area contributed by atoms with Crippen LogP contribution in [0.15, 0.2) is 0 Å². The van der Waals surface area contributed by atoms with Crippen molar-refractivity contribution in [3.8, 4) is 0 Å². The van der Waals surface area contributed by atoms with Gasteiger partial charge in [0.1, 0.15) is 0 Å². The Morgan fingerprint density at radius 3 is 1.00 bits per heavy atom. The van der Waals surface area contributed by atoms with E-state index in [4.69, 9.17) is 20.8 Å². The molecule has 0 atom stereocenters. The van der Waals surface area contributed by atoms with Crippen LogP contribution in [0.5, 0.6) is 0 Å². The average molecular weight is 258 g/mol. The summed E-state index contributed by atoms with van der Waals surface area (Å²) in [7, 11) is 0. The summed E-state index contributed by atoms with van der Waals surface area (Å²) in [5.41, 5.74) is 0. The molecule has 0 aliphatic rings. The molecule has 0 radical (unpaired) electrons. The average Bonchev–Trinajstić information content (AvgIpc) is 1.25. The summed E-state index contributed by atoms with van der Waals surface area (Å²) in [4.78, 5) is 0. The minimum absolute atomic E-state index is 0. The van der Waals surface area contributed by atoms with E-state index in [0.717, 1.165) is 0 Å². The van der Waals surface area contributed by atoms with Gasteiger partial charge >= 0.3 is 115 Å². The van der Waals surface area contributed by atoms with Crippen LogP contribution in [0.25, 0.3) is 0 Å². The molecule has 0 rings (SSSR count). The van der Waals surface area contributed by atoms with Gasteiger partial charge in [0.2, 0.25) is 0 Å². The third-order valence-corrected chi connectivity index (χ3v) is 0. The first-order chi connectivity index (χ1) is 3.46. The third kappa shape index (κ3) is 217. The molecule has 0 aromatic carbocycles. The molecule has 0 fully saturated rings. The molecular formula is Li3NbO6Ti. The summed E-state index contributed by atoms with van der Waals surface area (Å²) in [6, 6.07) is 0. The Kier molecular flexibility index (Phi) is 60.8. The predicted octanol–water partition coefficient (Wildman–Crippen LogP) is -12.9. The molecule has 0 aliphatic heterocycles. The van der Waals surface area contributed by atoms with Crippen molar-refractivity contribution in [2.24, 2.45) is 0 Å². The van der Waals surface area contributed by atoms with Gasteiger partial charge in [-0.3, -0.25) is 0 Å². The predicted molar refractivity (Wildman–Crippen MR) is 2.06 cm³/mol. The normalized spacial score (nSPS) is 4.64. The van der Waals surface area contributed by atoms with Crippen LogP contribution >= 0.6 is 0 Å². The van der Waals surface area contributed by atoms with E-state index in [1.807, 2.05) is 0 Å². The van der Waals surface area contributed by atoms with E-state index in [1.54, 1.807) is 0 Å². The van der Waals surface area contributed by atoms with Gasteiger partial charge in [0.15, 0.2) is 0 Å². The maximum absolute atomic E-state index is 8.60. The maximum atomic E-state index is 8.60. The second-order valence-corrected chi connectivity index (χ2v) is 2.35. The monoisotopic (exact) mass is 258 g/mol. The molecule has 0 aliphatic carbocycles. The summed E-state index contributed by atoms with van der Waals surface area (Å²) < 4.78 is 51.6. The second-order valence-electron chi connectivity index (χ2n) is 0.474. The zero-order valence-electron chi connectivity index (χ0n) is 6.40. The first kappa shape index (κ1) is 29.2. The Balaban J connectivity index is -0.0000000171. The van der Waals surface area contributed by atoms with Crippen molar-refractivity contribution in [3.05, 3.63) is 0 Å². The van der Waals surface area contributed by atoms with E-state index in [0.29, 0.717) is 0 Å². The molecule has 0 bridgehead atoms. The molecule has 11 heteroatoms. The number of hydrogen-bond donors (Lipinski definition) is 0. The summed E-state index contributed by atoms with van der Waals surface area (Å²) in [5, 5.41) is 0. The van der Waals surface area contributed by atoms with Crippen LogP contribution in [0.1, 0.15) is 0 Å². The van der Waals surface area contributed by atoms with Crippen LogP contribution in [0.3, 0.4) is 0 Å². The van der Waals surface area contributed by atoms with Crippen molar-refractivity contribution in [2.75, 3.05) is 0 Å². The molecule has 48 valence electrons. The fraction of sp³-hybridized carbons (Fsp3) is 0. The molecule has 0 saturated heterocycles. The second kappa shape index (κ2) is 22.9. The van der Waals surface area contributed by atoms with Gasteiger partial charge in [0.25, 0.3) is 0 Å². The summed E-state index contributed by atoms with van der Waals surface area (Å²) in [5.74, 6) is 0. The first-order valence-electron chi connectivity index (χ1n) is 1.16. The Bertz CT molecular complexity index is 120. The molecule has 0 unspecified atom stereocenters. The fourth-order valence-electron chi connectivity index (χ4n) is 0.